The minimum absolute atomic E-state index is 0.0926. The maximum absolute atomic E-state index is 12.4. The zero-order chi connectivity index (χ0) is 18.2. The minimum atomic E-state index is -0.0988. The molecule has 26 heavy (non-hydrogen) atoms. The Morgan fingerprint density at radius 3 is 2.46 bits per heavy atom. The molecular formula is C22H28N2O2. The largest absolute Gasteiger partial charge is 0.354 e. The van der Waals surface area contributed by atoms with Crippen LogP contribution in [0.15, 0.2) is 42.5 Å². The molecule has 0 aliphatic heterocycles. The van der Waals surface area contributed by atoms with Crippen LogP contribution in [0.3, 0.4) is 0 Å². The van der Waals surface area contributed by atoms with Gasteiger partial charge < -0.3 is 10.6 Å². The molecule has 0 aromatic heterocycles. The van der Waals surface area contributed by atoms with Gasteiger partial charge in [-0.15, -0.1) is 0 Å². The summed E-state index contributed by atoms with van der Waals surface area (Å²) in [7, 11) is 0. The Hall–Kier alpha value is -2.36. The van der Waals surface area contributed by atoms with E-state index in [-0.39, 0.29) is 11.8 Å². The summed E-state index contributed by atoms with van der Waals surface area (Å²) in [5, 5.41) is 7.81. The summed E-state index contributed by atoms with van der Waals surface area (Å²) >= 11 is 0. The quantitative estimate of drug-likeness (QED) is 0.739. The Morgan fingerprint density at radius 1 is 0.885 bits per heavy atom. The lowest BCUT2D eigenvalue weighted by atomic mass is 9.86. The molecule has 4 heteroatoms. The number of benzene rings is 2. The number of hydrogen-bond donors (Lipinski definition) is 2. The van der Waals surface area contributed by atoms with Crippen LogP contribution in [0.2, 0.25) is 0 Å². The summed E-state index contributed by atoms with van der Waals surface area (Å²) < 4.78 is 0. The van der Waals surface area contributed by atoms with Crippen molar-refractivity contribution < 1.29 is 9.59 Å². The van der Waals surface area contributed by atoms with Crippen molar-refractivity contribution in [2.24, 2.45) is 5.92 Å². The van der Waals surface area contributed by atoms with Crippen molar-refractivity contribution in [2.75, 3.05) is 13.1 Å². The third-order valence-corrected chi connectivity index (χ3v) is 5.27. The average molecular weight is 352 g/mol. The second-order valence-corrected chi connectivity index (χ2v) is 7.18. The van der Waals surface area contributed by atoms with Gasteiger partial charge in [0.25, 0.3) is 5.91 Å². The highest BCUT2D eigenvalue weighted by Crippen LogP contribution is 2.27. The lowest BCUT2D eigenvalue weighted by molar-refractivity contribution is -0.121. The first kappa shape index (κ1) is 18.4. The standard InChI is InChI=1S/C22H28N2O2/c25-21(14-13-17-7-2-1-3-8-17)23-15-16-24-22(26)20-12-6-10-18-9-4-5-11-19(18)20/h4-6,9-12,17H,1-3,7-8,13-16H2,(H,23,25)(H,24,26). The molecule has 1 saturated carbocycles. The SMILES string of the molecule is O=C(CCC1CCCCC1)NCCNC(=O)c1cccc2ccccc12. The Balaban J connectivity index is 1.39. The van der Waals surface area contributed by atoms with Gasteiger partial charge in [-0.3, -0.25) is 9.59 Å². The molecule has 4 nitrogen and oxygen atoms in total. The average Bonchev–Trinajstić information content (AvgIpc) is 2.70. The molecule has 1 fully saturated rings. The van der Waals surface area contributed by atoms with E-state index < -0.39 is 0 Å². The van der Waals surface area contributed by atoms with Crippen molar-refractivity contribution >= 4 is 22.6 Å². The molecule has 1 aliphatic carbocycles. The van der Waals surface area contributed by atoms with Gasteiger partial charge in [-0.25, -0.2) is 0 Å². The molecule has 0 saturated heterocycles. The number of rotatable bonds is 7. The predicted molar refractivity (Wildman–Crippen MR) is 105 cm³/mol. The summed E-state index contributed by atoms with van der Waals surface area (Å²) in [6, 6.07) is 13.6. The fourth-order valence-corrected chi connectivity index (χ4v) is 3.80. The molecule has 2 amide bonds. The van der Waals surface area contributed by atoms with Crippen molar-refractivity contribution in [3.63, 3.8) is 0 Å². The van der Waals surface area contributed by atoms with E-state index >= 15 is 0 Å². The Kier molecular flexibility index (Phi) is 6.64. The second-order valence-electron chi connectivity index (χ2n) is 7.18. The van der Waals surface area contributed by atoms with E-state index in [9.17, 15) is 9.59 Å². The molecule has 2 aromatic rings. The van der Waals surface area contributed by atoms with Crippen LogP contribution in [0.4, 0.5) is 0 Å². The van der Waals surface area contributed by atoms with Gasteiger partial charge in [0.15, 0.2) is 0 Å². The van der Waals surface area contributed by atoms with Crippen LogP contribution < -0.4 is 10.6 Å². The van der Waals surface area contributed by atoms with E-state index in [1.165, 1.54) is 32.1 Å². The van der Waals surface area contributed by atoms with E-state index in [4.69, 9.17) is 0 Å². The van der Waals surface area contributed by atoms with E-state index in [1.807, 2.05) is 42.5 Å². The lowest BCUT2D eigenvalue weighted by Gasteiger charge is -2.21. The highest BCUT2D eigenvalue weighted by Gasteiger charge is 2.14. The summed E-state index contributed by atoms with van der Waals surface area (Å²) in [4.78, 5) is 24.4. The van der Waals surface area contributed by atoms with Crippen LogP contribution in [0, 0.1) is 5.92 Å². The third kappa shape index (κ3) is 5.07. The minimum Gasteiger partial charge on any atom is -0.354 e. The number of hydrogen-bond acceptors (Lipinski definition) is 2. The molecule has 1 aliphatic rings. The monoisotopic (exact) mass is 352 g/mol. The highest BCUT2D eigenvalue weighted by atomic mass is 16.2. The Morgan fingerprint density at radius 2 is 1.62 bits per heavy atom. The fraction of sp³-hybridized carbons (Fsp3) is 0.455. The maximum atomic E-state index is 12.4. The van der Waals surface area contributed by atoms with Crippen LogP contribution in [-0.2, 0) is 4.79 Å². The van der Waals surface area contributed by atoms with E-state index in [0.29, 0.717) is 25.1 Å². The number of fused-ring (bicyclic) bond motifs is 1. The van der Waals surface area contributed by atoms with E-state index in [0.717, 1.165) is 23.1 Å². The molecule has 0 atom stereocenters. The fourth-order valence-electron chi connectivity index (χ4n) is 3.80. The normalized spacial score (nSPS) is 14.9. The zero-order valence-corrected chi connectivity index (χ0v) is 15.3. The van der Waals surface area contributed by atoms with Gasteiger partial charge in [0.1, 0.15) is 0 Å². The molecule has 0 bridgehead atoms. The maximum Gasteiger partial charge on any atom is 0.251 e. The molecule has 0 spiro atoms. The third-order valence-electron chi connectivity index (χ3n) is 5.27. The summed E-state index contributed by atoms with van der Waals surface area (Å²) in [6.45, 7) is 0.914. The van der Waals surface area contributed by atoms with Crippen LogP contribution in [-0.4, -0.2) is 24.9 Å². The number of nitrogens with one attached hydrogen (secondary N) is 2. The van der Waals surface area contributed by atoms with Gasteiger partial charge in [-0.05, 0) is 29.2 Å². The summed E-state index contributed by atoms with van der Waals surface area (Å²) in [5.41, 5.74) is 0.673. The Bertz CT molecular complexity index is 745. The second kappa shape index (κ2) is 9.37. The number of carbonyl (C=O) groups excluding carboxylic acids is 2. The zero-order valence-electron chi connectivity index (χ0n) is 15.3. The van der Waals surface area contributed by atoms with Crippen LogP contribution in [0.1, 0.15) is 55.3 Å². The van der Waals surface area contributed by atoms with Gasteiger partial charge in [-0.2, -0.15) is 0 Å². The van der Waals surface area contributed by atoms with Gasteiger partial charge in [0.05, 0.1) is 0 Å². The van der Waals surface area contributed by atoms with Crippen LogP contribution in [0.5, 0.6) is 0 Å². The van der Waals surface area contributed by atoms with Crippen molar-refractivity contribution in [3.05, 3.63) is 48.0 Å². The molecule has 0 radical (unpaired) electrons. The Labute approximate surface area is 155 Å². The molecule has 2 N–H and O–H groups in total. The summed E-state index contributed by atoms with van der Waals surface area (Å²) in [6.07, 6.45) is 8.11. The number of amides is 2. The van der Waals surface area contributed by atoms with Crippen molar-refractivity contribution in [1.29, 1.82) is 0 Å². The van der Waals surface area contributed by atoms with Gasteiger partial charge in [-0.1, -0.05) is 68.5 Å². The molecular weight excluding hydrogens is 324 g/mol. The molecule has 3 rings (SSSR count). The molecule has 0 heterocycles. The first-order valence-corrected chi connectivity index (χ1v) is 9.77. The van der Waals surface area contributed by atoms with Gasteiger partial charge in [0.2, 0.25) is 5.91 Å². The van der Waals surface area contributed by atoms with Crippen molar-refractivity contribution in [1.82, 2.24) is 10.6 Å². The molecule has 2 aromatic carbocycles. The van der Waals surface area contributed by atoms with Crippen molar-refractivity contribution in [3.8, 4) is 0 Å². The topological polar surface area (TPSA) is 58.2 Å². The molecule has 0 unspecified atom stereocenters. The smallest absolute Gasteiger partial charge is 0.251 e. The van der Waals surface area contributed by atoms with Crippen molar-refractivity contribution in [2.45, 2.75) is 44.9 Å². The van der Waals surface area contributed by atoms with Crippen LogP contribution in [0.25, 0.3) is 10.8 Å². The predicted octanol–water partition coefficient (Wildman–Crippen LogP) is 4.05. The first-order chi connectivity index (χ1) is 12.7. The number of carbonyl (C=O) groups is 2. The lowest BCUT2D eigenvalue weighted by Crippen LogP contribution is -2.34. The van der Waals surface area contributed by atoms with E-state index in [1.54, 1.807) is 0 Å². The van der Waals surface area contributed by atoms with Crippen LogP contribution >= 0.6 is 0 Å². The van der Waals surface area contributed by atoms with E-state index in [2.05, 4.69) is 10.6 Å². The van der Waals surface area contributed by atoms with Gasteiger partial charge >= 0.3 is 0 Å². The molecule has 138 valence electrons. The highest BCUT2D eigenvalue weighted by molar-refractivity contribution is 6.07. The first-order valence-electron chi connectivity index (χ1n) is 9.77. The van der Waals surface area contributed by atoms with Gasteiger partial charge in [0, 0.05) is 25.1 Å². The summed E-state index contributed by atoms with van der Waals surface area (Å²) in [5.74, 6) is 0.716.